The zero-order chi connectivity index (χ0) is 11.4. The lowest BCUT2D eigenvalue weighted by atomic mass is 10.1. The largest absolute Gasteiger partial charge is 0.487 e. The average Bonchev–Trinajstić information content (AvgIpc) is 2.83. The van der Waals surface area contributed by atoms with Gasteiger partial charge in [-0.05, 0) is 37.9 Å². The highest BCUT2D eigenvalue weighted by atomic mass is 16.5. The zero-order valence-corrected chi connectivity index (χ0v) is 9.65. The number of ether oxygens (including phenoxy) is 1. The Balaban J connectivity index is 1.99. The minimum Gasteiger partial charge on any atom is -0.487 e. The zero-order valence-electron chi connectivity index (χ0n) is 9.65. The van der Waals surface area contributed by atoms with Gasteiger partial charge >= 0.3 is 0 Å². The van der Waals surface area contributed by atoms with Crippen molar-refractivity contribution < 1.29 is 4.74 Å². The molecule has 1 aromatic rings. The van der Waals surface area contributed by atoms with Crippen molar-refractivity contribution in [3.8, 4) is 5.75 Å². The first kappa shape index (κ1) is 11.1. The maximum Gasteiger partial charge on any atom is 0.138 e. The Morgan fingerprint density at radius 2 is 2.50 bits per heavy atom. The van der Waals surface area contributed by atoms with E-state index in [-0.39, 0.29) is 6.10 Å². The fourth-order valence-corrected chi connectivity index (χ4v) is 2.02. The molecule has 16 heavy (non-hydrogen) atoms. The third kappa shape index (κ3) is 2.61. The molecule has 2 atom stereocenters. The Labute approximate surface area is 96.5 Å². The first-order valence-corrected chi connectivity index (χ1v) is 5.77. The monoisotopic (exact) mass is 218 g/mol. The molecule has 1 aliphatic heterocycles. The minimum atomic E-state index is 0.185. The Kier molecular flexibility index (Phi) is 3.57. The predicted molar refractivity (Wildman–Crippen MR) is 65.4 cm³/mol. The topological polar surface area (TPSA) is 34.1 Å². The van der Waals surface area contributed by atoms with E-state index in [9.17, 15) is 0 Å². The minimum absolute atomic E-state index is 0.185. The van der Waals surface area contributed by atoms with Crippen LogP contribution in [0.5, 0.6) is 5.75 Å². The second-order valence-corrected chi connectivity index (χ2v) is 4.18. The van der Waals surface area contributed by atoms with Gasteiger partial charge in [-0.1, -0.05) is 12.7 Å². The molecule has 0 amide bonds. The van der Waals surface area contributed by atoms with Crippen molar-refractivity contribution in [3.05, 3.63) is 30.6 Å². The van der Waals surface area contributed by atoms with Crippen molar-refractivity contribution in [2.45, 2.75) is 31.9 Å². The van der Waals surface area contributed by atoms with Gasteiger partial charge in [0.05, 0.1) is 6.20 Å². The lowest BCUT2D eigenvalue weighted by Gasteiger charge is -2.21. The number of pyridine rings is 1. The molecule has 3 nitrogen and oxygen atoms in total. The van der Waals surface area contributed by atoms with E-state index in [2.05, 4.69) is 23.8 Å². The van der Waals surface area contributed by atoms with Crippen LogP contribution in [0.3, 0.4) is 0 Å². The summed E-state index contributed by atoms with van der Waals surface area (Å²) in [6, 6.07) is 2.43. The standard InChI is InChI=1S/C13H18N2O/c1-3-11-7-12(9-14-8-11)16-10(2)13-5-4-6-15-13/h3,7-10,13,15H,1,4-6H2,2H3/t10?,13-/m0/s1. The van der Waals surface area contributed by atoms with Crippen LogP contribution in [0.15, 0.2) is 25.0 Å². The van der Waals surface area contributed by atoms with Crippen LogP contribution in [-0.2, 0) is 0 Å². The lowest BCUT2D eigenvalue weighted by molar-refractivity contribution is 0.179. The number of hydrogen-bond acceptors (Lipinski definition) is 3. The smallest absolute Gasteiger partial charge is 0.138 e. The van der Waals surface area contributed by atoms with Crippen LogP contribution in [0.4, 0.5) is 0 Å². The van der Waals surface area contributed by atoms with Crippen LogP contribution in [0.1, 0.15) is 25.3 Å². The van der Waals surface area contributed by atoms with Crippen molar-refractivity contribution in [3.63, 3.8) is 0 Å². The van der Waals surface area contributed by atoms with Crippen molar-refractivity contribution >= 4 is 6.08 Å². The van der Waals surface area contributed by atoms with E-state index < -0.39 is 0 Å². The van der Waals surface area contributed by atoms with Crippen LogP contribution < -0.4 is 10.1 Å². The fraction of sp³-hybridized carbons (Fsp3) is 0.462. The molecule has 0 saturated carbocycles. The third-order valence-electron chi connectivity index (χ3n) is 2.96. The van der Waals surface area contributed by atoms with E-state index in [0.29, 0.717) is 6.04 Å². The number of hydrogen-bond donors (Lipinski definition) is 1. The molecule has 0 bridgehead atoms. The van der Waals surface area contributed by atoms with Crippen molar-refractivity contribution in [1.29, 1.82) is 0 Å². The summed E-state index contributed by atoms with van der Waals surface area (Å²) in [7, 11) is 0. The highest BCUT2D eigenvalue weighted by Crippen LogP contribution is 2.17. The summed E-state index contributed by atoms with van der Waals surface area (Å²) < 4.78 is 5.87. The predicted octanol–water partition coefficient (Wildman–Crippen LogP) is 2.24. The molecule has 1 fully saturated rings. The molecule has 0 spiro atoms. The first-order valence-electron chi connectivity index (χ1n) is 5.77. The molecule has 1 aromatic heterocycles. The van der Waals surface area contributed by atoms with Gasteiger partial charge in [0, 0.05) is 12.2 Å². The number of nitrogens with zero attached hydrogens (tertiary/aromatic N) is 1. The van der Waals surface area contributed by atoms with E-state index in [4.69, 9.17) is 4.74 Å². The fourth-order valence-electron chi connectivity index (χ4n) is 2.02. The van der Waals surface area contributed by atoms with E-state index >= 15 is 0 Å². The average molecular weight is 218 g/mol. The van der Waals surface area contributed by atoms with Crippen molar-refractivity contribution in [2.24, 2.45) is 0 Å². The maximum absolute atomic E-state index is 5.87. The Morgan fingerprint density at radius 1 is 1.62 bits per heavy atom. The van der Waals surface area contributed by atoms with Crippen LogP contribution >= 0.6 is 0 Å². The SMILES string of the molecule is C=Cc1cncc(OC(C)[C@@H]2CCCN2)c1. The Bertz CT molecular complexity index is 359. The van der Waals surface area contributed by atoms with Crippen LogP contribution in [-0.4, -0.2) is 23.7 Å². The lowest BCUT2D eigenvalue weighted by Crippen LogP contribution is -2.36. The van der Waals surface area contributed by atoms with E-state index in [1.165, 1.54) is 12.8 Å². The summed E-state index contributed by atoms with van der Waals surface area (Å²) in [4.78, 5) is 4.12. The van der Waals surface area contributed by atoms with E-state index in [1.54, 1.807) is 18.5 Å². The van der Waals surface area contributed by atoms with Crippen LogP contribution in [0, 0.1) is 0 Å². The van der Waals surface area contributed by atoms with Gasteiger partial charge in [0.2, 0.25) is 0 Å². The Morgan fingerprint density at radius 3 is 3.19 bits per heavy atom. The molecule has 0 aromatic carbocycles. The summed E-state index contributed by atoms with van der Waals surface area (Å²) in [5.41, 5.74) is 0.990. The molecule has 86 valence electrons. The molecule has 3 heteroatoms. The summed E-state index contributed by atoms with van der Waals surface area (Å²) in [5.74, 6) is 0.818. The molecular weight excluding hydrogens is 200 g/mol. The van der Waals surface area contributed by atoms with Gasteiger partial charge in [-0.2, -0.15) is 0 Å². The Hall–Kier alpha value is -1.35. The van der Waals surface area contributed by atoms with Gasteiger partial charge in [0.1, 0.15) is 11.9 Å². The highest BCUT2D eigenvalue weighted by Gasteiger charge is 2.22. The first-order chi connectivity index (χ1) is 7.79. The molecule has 0 radical (unpaired) electrons. The van der Waals surface area contributed by atoms with Crippen molar-refractivity contribution in [2.75, 3.05) is 6.54 Å². The summed E-state index contributed by atoms with van der Waals surface area (Å²) >= 11 is 0. The molecule has 1 aliphatic rings. The van der Waals surface area contributed by atoms with Gasteiger partial charge < -0.3 is 10.1 Å². The number of rotatable bonds is 4. The molecule has 1 N–H and O–H groups in total. The quantitative estimate of drug-likeness (QED) is 0.841. The molecule has 2 rings (SSSR count). The molecule has 0 aliphatic carbocycles. The molecule has 1 unspecified atom stereocenters. The normalized spacial score (nSPS) is 21.7. The highest BCUT2D eigenvalue weighted by molar-refractivity contribution is 5.47. The summed E-state index contributed by atoms with van der Waals surface area (Å²) in [6.07, 6.45) is 7.91. The summed E-state index contributed by atoms with van der Waals surface area (Å²) in [6.45, 7) is 6.92. The van der Waals surface area contributed by atoms with Crippen LogP contribution in [0.25, 0.3) is 6.08 Å². The van der Waals surface area contributed by atoms with Gasteiger partial charge in [-0.25, -0.2) is 0 Å². The molecule has 2 heterocycles. The van der Waals surface area contributed by atoms with Crippen LogP contribution in [0.2, 0.25) is 0 Å². The number of nitrogens with one attached hydrogen (secondary N) is 1. The van der Waals surface area contributed by atoms with Crippen molar-refractivity contribution in [1.82, 2.24) is 10.3 Å². The molecular formula is C13H18N2O. The summed E-state index contributed by atoms with van der Waals surface area (Å²) in [5, 5.41) is 3.44. The van der Waals surface area contributed by atoms with Gasteiger partial charge in [-0.15, -0.1) is 0 Å². The molecule has 1 saturated heterocycles. The van der Waals surface area contributed by atoms with E-state index in [0.717, 1.165) is 17.9 Å². The second-order valence-electron chi connectivity index (χ2n) is 4.18. The van der Waals surface area contributed by atoms with Gasteiger partial charge in [-0.3, -0.25) is 4.98 Å². The van der Waals surface area contributed by atoms with E-state index in [1.807, 2.05) is 6.07 Å². The second kappa shape index (κ2) is 5.12. The third-order valence-corrected chi connectivity index (χ3v) is 2.96. The van der Waals surface area contributed by atoms with Gasteiger partial charge in [0.15, 0.2) is 0 Å². The maximum atomic E-state index is 5.87. The van der Waals surface area contributed by atoms with Gasteiger partial charge in [0.25, 0.3) is 0 Å². The number of aromatic nitrogens is 1.